The summed E-state index contributed by atoms with van der Waals surface area (Å²) in [6, 6.07) is 1.61. The maximum Gasteiger partial charge on any atom is 0.340 e. The number of hydrogen-bond donors (Lipinski definition) is 0. The summed E-state index contributed by atoms with van der Waals surface area (Å²) in [7, 11) is -3.57. The lowest BCUT2D eigenvalue weighted by Crippen LogP contribution is -2.27. The van der Waals surface area contributed by atoms with E-state index in [0.29, 0.717) is 11.4 Å². The molecule has 1 fully saturated rings. The van der Waals surface area contributed by atoms with Gasteiger partial charge >= 0.3 is 16.2 Å². The Kier molecular flexibility index (Phi) is 4.33. The van der Waals surface area contributed by atoms with E-state index in [1.807, 2.05) is 6.92 Å². The fourth-order valence-corrected chi connectivity index (χ4v) is 3.90. The second-order valence-electron chi connectivity index (χ2n) is 4.58. The second-order valence-corrected chi connectivity index (χ2v) is 7.32. The second kappa shape index (κ2) is 5.72. The van der Waals surface area contributed by atoms with Gasteiger partial charge in [-0.15, -0.1) is 15.2 Å². The number of thiophene rings is 1. The normalized spacial score (nSPS) is 19.1. The van der Waals surface area contributed by atoms with Crippen LogP contribution in [0, 0.1) is 0 Å². The number of aryl methyl sites for hydroxylation is 1. The van der Waals surface area contributed by atoms with Gasteiger partial charge in [0.25, 0.3) is 0 Å². The maximum absolute atomic E-state index is 13.1. The van der Waals surface area contributed by atoms with Crippen molar-refractivity contribution in [2.75, 3.05) is 18.6 Å². The van der Waals surface area contributed by atoms with Crippen molar-refractivity contribution in [2.24, 2.45) is 0 Å². The number of amides is 1. The van der Waals surface area contributed by atoms with Gasteiger partial charge < -0.3 is 9.64 Å². The zero-order chi connectivity index (χ0) is 15.8. The summed E-state index contributed by atoms with van der Waals surface area (Å²) in [6.45, 7) is 1.60. The highest BCUT2D eigenvalue weighted by Gasteiger charge is 2.41. The Balaban J connectivity index is 2.40. The molecule has 0 aliphatic carbocycles. The van der Waals surface area contributed by atoms with Gasteiger partial charge in [-0.2, -0.15) is 8.42 Å². The fourth-order valence-electron chi connectivity index (χ4n) is 2.12. The molecule has 1 aromatic rings. The number of methoxy groups -OCH3 is 1. The lowest BCUT2D eigenvalue weighted by molar-refractivity contribution is -0.117. The monoisotopic (exact) mass is 335 g/mol. The maximum atomic E-state index is 13.1. The first kappa shape index (κ1) is 15.9. The number of halogens is 1. The van der Waals surface area contributed by atoms with E-state index in [0.717, 1.165) is 9.78 Å². The van der Waals surface area contributed by atoms with Gasteiger partial charge in [0.1, 0.15) is 10.3 Å². The first-order chi connectivity index (χ1) is 9.77. The van der Waals surface area contributed by atoms with Crippen LogP contribution in [0.4, 0.5) is 8.89 Å². The first-order valence-corrected chi connectivity index (χ1v) is 8.49. The average Bonchev–Trinajstić information content (AvgIpc) is 3.00. The van der Waals surface area contributed by atoms with Crippen molar-refractivity contribution >= 4 is 38.4 Å². The van der Waals surface area contributed by atoms with E-state index in [-0.39, 0.29) is 12.1 Å². The SMILES string of the molecule is CCc1cc(C(=O)OC)c(N2CC(S(=O)(=O)F)CC2=O)s1. The summed E-state index contributed by atoms with van der Waals surface area (Å²) in [5, 5.41) is -1.07. The number of hydrogen-bond acceptors (Lipinski definition) is 6. The van der Waals surface area contributed by atoms with E-state index in [1.54, 1.807) is 6.07 Å². The number of esters is 1. The molecule has 0 radical (unpaired) electrons. The third-order valence-corrected chi connectivity index (χ3v) is 5.66. The highest BCUT2D eigenvalue weighted by Crippen LogP contribution is 2.36. The molecule has 1 atom stereocenters. The summed E-state index contributed by atoms with van der Waals surface area (Å²) in [5.41, 5.74) is 0.199. The number of nitrogens with zero attached hydrogens (tertiary/aromatic N) is 1. The minimum atomic E-state index is -4.79. The molecule has 21 heavy (non-hydrogen) atoms. The van der Waals surface area contributed by atoms with Crippen LogP contribution in [0.1, 0.15) is 28.6 Å². The lowest BCUT2D eigenvalue weighted by atomic mass is 10.2. The number of carbonyl (C=O) groups is 2. The molecular formula is C12H14FNO5S2. The van der Waals surface area contributed by atoms with Gasteiger partial charge in [0.05, 0.1) is 12.7 Å². The molecule has 1 aromatic heterocycles. The molecule has 6 nitrogen and oxygen atoms in total. The van der Waals surface area contributed by atoms with Crippen LogP contribution in [-0.2, 0) is 26.2 Å². The number of carbonyl (C=O) groups excluding carboxylic acids is 2. The molecule has 1 aliphatic rings. The molecule has 0 bridgehead atoms. The van der Waals surface area contributed by atoms with Crippen molar-refractivity contribution in [1.82, 2.24) is 0 Å². The topological polar surface area (TPSA) is 80.8 Å². The predicted octanol–water partition coefficient (Wildman–Crippen LogP) is 1.50. The molecule has 0 aromatic carbocycles. The van der Waals surface area contributed by atoms with Crippen LogP contribution in [0.25, 0.3) is 0 Å². The summed E-state index contributed by atoms with van der Waals surface area (Å²) in [6.07, 6.45) is 0.236. The van der Waals surface area contributed by atoms with Crippen LogP contribution < -0.4 is 4.90 Å². The molecule has 0 spiro atoms. The molecule has 0 saturated carbocycles. The van der Waals surface area contributed by atoms with Gasteiger partial charge in [-0.25, -0.2) is 4.79 Å². The number of rotatable bonds is 4. The zero-order valence-electron chi connectivity index (χ0n) is 11.5. The summed E-state index contributed by atoms with van der Waals surface area (Å²) in [4.78, 5) is 25.7. The molecule has 1 aliphatic heterocycles. The third kappa shape index (κ3) is 3.08. The van der Waals surface area contributed by atoms with Gasteiger partial charge in [-0.05, 0) is 12.5 Å². The number of ether oxygens (including phenoxy) is 1. The standard InChI is InChI=1S/C12H14FNO5S2/c1-3-7-4-9(12(16)19-2)11(20-7)14-6-8(5-10(14)15)21(13,17)18/h4,8H,3,5-6H2,1-2H3. The van der Waals surface area contributed by atoms with E-state index >= 15 is 0 Å². The number of anilines is 1. The van der Waals surface area contributed by atoms with Crippen LogP contribution >= 0.6 is 11.3 Å². The van der Waals surface area contributed by atoms with Crippen LogP contribution in [0.5, 0.6) is 0 Å². The first-order valence-electron chi connectivity index (χ1n) is 6.22. The quantitative estimate of drug-likeness (QED) is 0.615. The molecule has 1 saturated heterocycles. The molecule has 1 amide bonds. The van der Waals surface area contributed by atoms with Crippen molar-refractivity contribution < 1.29 is 26.6 Å². The molecule has 1 unspecified atom stereocenters. The lowest BCUT2D eigenvalue weighted by Gasteiger charge is -2.15. The van der Waals surface area contributed by atoms with Gasteiger partial charge in [-0.1, -0.05) is 6.92 Å². The molecule has 2 heterocycles. The van der Waals surface area contributed by atoms with Crippen molar-refractivity contribution in [3.05, 3.63) is 16.5 Å². The summed E-state index contributed by atoms with van der Waals surface area (Å²) >= 11 is 1.20. The van der Waals surface area contributed by atoms with Crippen molar-refractivity contribution in [1.29, 1.82) is 0 Å². The molecule has 116 valence electrons. The Morgan fingerprint density at radius 3 is 2.71 bits per heavy atom. The van der Waals surface area contributed by atoms with E-state index in [2.05, 4.69) is 4.74 Å². The van der Waals surface area contributed by atoms with E-state index in [4.69, 9.17) is 0 Å². The average molecular weight is 335 g/mol. The minimum Gasteiger partial charge on any atom is -0.465 e. The van der Waals surface area contributed by atoms with Gasteiger partial charge in [-0.3, -0.25) is 4.79 Å². The molecule has 0 N–H and O–H groups in total. The van der Waals surface area contributed by atoms with E-state index < -0.39 is 33.8 Å². The van der Waals surface area contributed by atoms with Crippen molar-refractivity contribution in [2.45, 2.75) is 25.0 Å². The molecular weight excluding hydrogens is 321 g/mol. The Labute approximate surface area is 125 Å². The van der Waals surface area contributed by atoms with Crippen LogP contribution in [0.2, 0.25) is 0 Å². The van der Waals surface area contributed by atoms with Crippen LogP contribution in [-0.4, -0.2) is 39.2 Å². The van der Waals surface area contributed by atoms with E-state index in [9.17, 15) is 21.9 Å². The fraction of sp³-hybridized carbons (Fsp3) is 0.500. The summed E-state index contributed by atoms with van der Waals surface area (Å²) < 4.78 is 39.6. The Morgan fingerprint density at radius 2 is 2.24 bits per heavy atom. The Hall–Kier alpha value is -1.48. The van der Waals surface area contributed by atoms with Crippen molar-refractivity contribution in [3.8, 4) is 0 Å². The highest BCUT2D eigenvalue weighted by atomic mass is 32.3. The van der Waals surface area contributed by atoms with E-state index in [1.165, 1.54) is 18.4 Å². The van der Waals surface area contributed by atoms with Crippen LogP contribution in [0.3, 0.4) is 0 Å². The van der Waals surface area contributed by atoms with Gasteiger partial charge in [0.15, 0.2) is 0 Å². The minimum absolute atomic E-state index is 0.199. The Morgan fingerprint density at radius 1 is 1.57 bits per heavy atom. The largest absolute Gasteiger partial charge is 0.465 e. The molecule has 2 rings (SSSR count). The smallest absolute Gasteiger partial charge is 0.340 e. The predicted molar refractivity (Wildman–Crippen MR) is 75.8 cm³/mol. The van der Waals surface area contributed by atoms with Crippen LogP contribution in [0.15, 0.2) is 6.07 Å². The molecule has 9 heteroatoms. The Bertz CT molecular complexity index is 682. The summed E-state index contributed by atoms with van der Waals surface area (Å²) in [5.74, 6) is -1.13. The highest BCUT2D eigenvalue weighted by molar-refractivity contribution is 7.87. The van der Waals surface area contributed by atoms with Crippen molar-refractivity contribution in [3.63, 3.8) is 0 Å². The van der Waals surface area contributed by atoms with Gasteiger partial charge in [0.2, 0.25) is 5.91 Å². The van der Waals surface area contributed by atoms with Gasteiger partial charge in [0, 0.05) is 17.8 Å². The third-order valence-electron chi connectivity index (χ3n) is 3.25. The zero-order valence-corrected chi connectivity index (χ0v) is 13.1.